The lowest BCUT2D eigenvalue weighted by molar-refractivity contribution is -0.137. The smallest absolute Gasteiger partial charge is 0.343 e. The first-order chi connectivity index (χ1) is 17.3. The topological polar surface area (TPSA) is 104 Å². The monoisotopic (exact) mass is 493 g/mol. The highest BCUT2D eigenvalue weighted by molar-refractivity contribution is 5.84. The van der Waals surface area contributed by atoms with Crippen molar-refractivity contribution in [1.29, 1.82) is 0 Å². The SMILES string of the molecule is COc1ccc(-c2cc(C3CCN(C(=O)N(C)O)CC3)n(CC(=O)O)c2-c2ccc(OC)cc2)cc1. The molecule has 2 N–H and O–H groups in total. The van der Waals surface area contributed by atoms with Gasteiger partial charge in [0, 0.05) is 37.3 Å². The fourth-order valence-electron chi connectivity index (χ4n) is 4.83. The quantitative estimate of drug-likeness (QED) is 0.370. The Hall–Kier alpha value is -3.98. The average molecular weight is 494 g/mol. The summed E-state index contributed by atoms with van der Waals surface area (Å²) in [6.07, 6.45) is 1.32. The Labute approximate surface area is 210 Å². The lowest BCUT2D eigenvalue weighted by Gasteiger charge is -2.33. The minimum absolute atomic E-state index is 0.0568. The number of piperidine rings is 1. The van der Waals surface area contributed by atoms with Crippen molar-refractivity contribution in [3.05, 3.63) is 60.3 Å². The van der Waals surface area contributed by atoms with Crippen molar-refractivity contribution in [2.45, 2.75) is 25.3 Å². The van der Waals surface area contributed by atoms with Crippen LogP contribution < -0.4 is 9.47 Å². The number of benzene rings is 2. The van der Waals surface area contributed by atoms with E-state index in [-0.39, 0.29) is 12.5 Å². The molecule has 0 aliphatic carbocycles. The van der Waals surface area contributed by atoms with Gasteiger partial charge in [0.2, 0.25) is 0 Å². The molecule has 0 radical (unpaired) electrons. The number of hydroxylamine groups is 2. The van der Waals surface area contributed by atoms with Crippen molar-refractivity contribution in [3.8, 4) is 33.9 Å². The molecule has 0 unspecified atom stereocenters. The summed E-state index contributed by atoms with van der Waals surface area (Å²) in [4.78, 5) is 25.8. The van der Waals surface area contributed by atoms with Crippen LogP contribution in [0.15, 0.2) is 54.6 Å². The van der Waals surface area contributed by atoms with E-state index in [4.69, 9.17) is 9.47 Å². The largest absolute Gasteiger partial charge is 0.497 e. The summed E-state index contributed by atoms with van der Waals surface area (Å²) in [5, 5.41) is 19.9. The number of nitrogens with zero attached hydrogens (tertiary/aromatic N) is 3. The van der Waals surface area contributed by atoms with Gasteiger partial charge in [-0.15, -0.1) is 0 Å². The summed E-state index contributed by atoms with van der Waals surface area (Å²) < 4.78 is 12.5. The Bertz CT molecular complexity index is 1210. The molecule has 0 bridgehead atoms. The molecule has 2 amide bonds. The van der Waals surface area contributed by atoms with E-state index in [1.807, 2.05) is 53.1 Å². The first kappa shape index (κ1) is 25.1. The number of likely N-dealkylation sites (tertiary alicyclic amines) is 1. The van der Waals surface area contributed by atoms with E-state index in [1.54, 1.807) is 19.1 Å². The third-order valence-corrected chi connectivity index (χ3v) is 6.65. The van der Waals surface area contributed by atoms with E-state index in [2.05, 4.69) is 6.07 Å². The summed E-state index contributed by atoms with van der Waals surface area (Å²) >= 11 is 0. The summed E-state index contributed by atoms with van der Waals surface area (Å²) in [5.41, 5.74) is 4.48. The second-order valence-electron chi connectivity index (χ2n) is 8.84. The molecule has 1 saturated heterocycles. The second kappa shape index (κ2) is 10.7. The van der Waals surface area contributed by atoms with Crippen LogP contribution in [0.25, 0.3) is 22.4 Å². The first-order valence-electron chi connectivity index (χ1n) is 11.8. The molecule has 2 heterocycles. The standard InChI is InChI=1S/C27H31N3O6/c1-28(34)27(33)29-14-12-19(13-15-29)24-16-23(18-4-8-21(35-2)9-5-18)26(30(24)17-25(31)32)20-6-10-22(36-3)11-7-20/h4-11,16,19,34H,12-15,17H2,1-3H3,(H,31,32). The van der Waals surface area contributed by atoms with E-state index in [0.29, 0.717) is 36.7 Å². The van der Waals surface area contributed by atoms with Gasteiger partial charge in [0.1, 0.15) is 18.0 Å². The number of amides is 2. The summed E-state index contributed by atoms with van der Waals surface area (Å²) in [5.74, 6) is 0.576. The fraction of sp³-hybridized carbons (Fsp3) is 0.333. The van der Waals surface area contributed by atoms with Crippen LogP contribution in [0.1, 0.15) is 24.5 Å². The van der Waals surface area contributed by atoms with Gasteiger partial charge in [-0.3, -0.25) is 10.0 Å². The normalized spacial score (nSPS) is 13.9. The van der Waals surface area contributed by atoms with Crippen LogP contribution in [-0.2, 0) is 11.3 Å². The maximum atomic E-state index is 12.2. The zero-order valence-corrected chi connectivity index (χ0v) is 20.7. The fourth-order valence-corrected chi connectivity index (χ4v) is 4.83. The molecule has 36 heavy (non-hydrogen) atoms. The number of carboxylic acids is 1. The number of carboxylic acid groups (broad SMARTS) is 1. The van der Waals surface area contributed by atoms with Gasteiger partial charge < -0.3 is 24.0 Å². The molecule has 2 aromatic carbocycles. The Morgan fingerprint density at radius 1 is 0.944 bits per heavy atom. The van der Waals surface area contributed by atoms with Crippen LogP contribution in [-0.4, -0.2) is 71.2 Å². The van der Waals surface area contributed by atoms with Gasteiger partial charge in [-0.05, 0) is 66.4 Å². The van der Waals surface area contributed by atoms with Crippen LogP contribution in [0.4, 0.5) is 4.79 Å². The van der Waals surface area contributed by atoms with Gasteiger partial charge in [-0.2, -0.15) is 0 Å². The van der Waals surface area contributed by atoms with Crippen LogP contribution in [0.3, 0.4) is 0 Å². The van der Waals surface area contributed by atoms with E-state index < -0.39 is 12.0 Å². The molecular weight excluding hydrogens is 462 g/mol. The second-order valence-corrected chi connectivity index (χ2v) is 8.84. The molecule has 0 saturated carbocycles. The van der Waals surface area contributed by atoms with E-state index in [0.717, 1.165) is 33.8 Å². The Kier molecular flexibility index (Phi) is 7.49. The van der Waals surface area contributed by atoms with Crippen molar-refractivity contribution in [3.63, 3.8) is 0 Å². The maximum absolute atomic E-state index is 12.2. The van der Waals surface area contributed by atoms with Gasteiger partial charge in [-0.1, -0.05) is 12.1 Å². The number of carbonyl (C=O) groups is 2. The summed E-state index contributed by atoms with van der Waals surface area (Å²) in [7, 11) is 4.54. The van der Waals surface area contributed by atoms with Gasteiger partial charge in [0.15, 0.2) is 0 Å². The number of rotatable bonds is 7. The maximum Gasteiger partial charge on any atom is 0.343 e. The minimum Gasteiger partial charge on any atom is -0.497 e. The van der Waals surface area contributed by atoms with Crippen molar-refractivity contribution in [2.24, 2.45) is 0 Å². The number of hydrogen-bond donors (Lipinski definition) is 2. The van der Waals surface area contributed by atoms with Crippen LogP contribution in [0.5, 0.6) is 11.5 Å². The lowest BCUT2D eigenvalue weighted by atomic mass is 9.92. The molecule has 1 aliphatic heterocycles. The van der Waals surface area contributed by atoms with Crippen LogP contribution in [0.2, 0.25) is 0 Å². The molecule has 4 rings (SSSR count). The predicted molar refractivity (Wildman–Crippen MR) is 135 cm³/mol. The molecule has 9 nitrogen and oxygen atoms in total. The number of methoxy groups -OCH3 is 2. The first-order valence-corrected chi connectivity index (χ1v) is 11.8. The molecule has 9 heteroatoms. The van der Waals surface area contributed by atoms with Gasteiger partial charge >= 0.3 is 12.0 Å². The van der Waals surface area contributed by atoms with Crippen LogP contribution >= 0.6 is 0 Å². The highest BCUT2D eigenvalue weighted by Gasteiger charge is 2.30. The molecule has 190 valence electrons. The van der Waals surface area contributed by atoms with Gasteiger partial charge in [0.05, 0.1) is 19.9 Å². The Morgan fingerprint density at radius 2 is 1.47 bits per heavy atom. The summed E-state index contributed by atoms with van der Waals surface area (Å²) in [6, 6.07) is 16.9. The van der Waals surface area contributed by atoms with Crippen molar-refractivity contribution < 1.29 is 29.4 Å². The van der Waals surface area contributed by atoms with Gasteiger partial charge in [0.25, 0.3) is 0 Å². The molecule has 0 spiro atoms. The van der Waals surface area contributed by atoms with Crippen molar-refractivity contribution >= 4 is 12.0 Å². The number of hydrogen-bond acceptors (Lipinski definition) is 5. The Balaban J connectivity index is 1.81. The predicted octanol–water partition coefficient (Wildman–Crippen LogP) is 4.54. The van der Waals surface area contributed by atoms with E-state index >= 15 is 0 Å². The van der Waals surface area contributed by atoms with Crippen molar-refractivity contribution in [2.75, 3.05) is 34.4 Å². The average Bonchev–Trinajstić information content (AvgIpc) is 3.26. The van der Waals surface area contributed by atoms with Gasteiger partial charge in [-0.25, -0.2) is 9.86 Å². The number of aliphatic carboxylic acids is 1. The van der Waals surface area contributed by atoms with Crippen LogP contribution in [0, 0.1) is 0 Å². The number of urea groups is 1. The lowest BCUT2D eigenvalue weighted by Crippen LogP contribution is -2.43. The van der Waals surface area contributed by atoms with E-state index in [9.17, 15) is 19.9 Å². The molecule has 3 aromatic rings. The third-order valence-electron chi connectivity index (χ3n) is 6.65. The molecular formula is C27H31N3O6. The van der Waals surface area contributed by atoms with Crippen molar-refractivity contribution in [1.82, 2.24) is 14.5 Å². The number of ether oxygens (including phenoxy) is 2. The Morgan fingerprint density at radius 3 is 1.94 bits per heavy atom. The zero-order valence-electron chi connectivity index (χ0n) is 20.7. The number of aromatic nitrogens is 1. The third kappa shape index (κ3) is 5.16. The molecule has 1 fully saturated rings. The number of carbonyl (C=O) groups excluding carboxylic acids is 1. The zero-order chi connectivity index (χ0) is 25.8. The highest BCUT2D eigenvalue weighted by Crippen LogP contribution is 2.41. The highest BCUT2D eigenvalue weighted by atomic mass is 16.5. The minimum atomic E-state index is -0.933. The molecule has 1 aliphatic rings. The van der Waals surface area contributed by atoms with E-state index in [1.165, 1.54) is 7.05 Å². The molecule has 0 atom stereocenters. The summed E-state index contributed by atoms with van der Waals surface area (Å²) in [6.45, 7) is 0.760. The molecule has 1 aromatic heterocycles.